The number of nitrogens with one attached hydrogen (secondary N) is 2. The molecule has 0 radical (unpaired) electrons. The molecule has 1 atom stereocenters. The molecule has 4 N–H and O–H groups in total. The fourth-order valence-electron chi connectivity index (χ4n) is 1.83. The Balaban J connectivity index is 2.14. The maximum atomic E-state index is 12.1. The molecule has 0 spiro atoms. The summed E-state index contributed by atoms with van der Waals surface area (Å²) in [7, 11) is 0. The second-order valence-electron chi connectivity index (χ2n) is 4.43. The van der Waals surface area contributed by atoms with E-state index in [1.807, 2.05) is 6.92 Å². The number of carbonyl (C=O) groups excluding carboxylic acids is 1. The normalized spacial score (nSPS) is 16.4. The van der Waals surface area contributed by atoms with Crippen molar-refractivity contribution in [2.75, 3.05) is 5.43 Å². The lowest BCUT2D eigenvalue weighted by atomic mass is 10.1. The van der Waals surface area contributed by atoms with Gasteiger partial charge in [0.2, 0.25) is 0 Å². The van der Waals surface area contributed by atoms with Gasteiger partial charge in [-0.1, -0.05) is 11.6 Å². The van der Waals surface area contributed by atoms with Crippen LogP contribution in [0, 0.1) is 5.92 Å². The maximum Gasteiger partial charge on any atom is 0.253 e. The van der Waals surface area contributed by atoms with Crippen LogP contribution in [0.3, 0.4) is 0 Å². The smallest absolute Gasteiger partial charge is 0.253 e. The Morgan fingerprint density at radius 3 is 2.82 bits per heavy atom. The van der Waals surface area contributed by atoms with Crippen LogP contribution in [-0.4, -0.2) is 11.9 Å². The van der Waals surface area contributed by atoms with Crippen molar-refractivity contribution < 1.29 is 4.79 Å². The van der Waals surface area contributed by atoms with E-state index in [0.29, 0.717) is 22.2 Å². The average molecular weight is 254 g/mol. The van der Waals surface area contributed by atoms with Gasteiger partial charge >= 0.3 is 0 Å². The highest BCUT2D eigenvalue weighted by Crippen LogP contribution is 2.32. The topological polar surface area (TPSA) is 67.2 Å². The molecule has 2 rings (SSSR count). The van der Waals surface area contributed by atoms with Crippen molar-refractivity contribution in [2.45, 2.75) is 25.8 Å². The molecule has 92 valence electrons. The molecular formula is C12H16ClN3O. The van der Waals surface area contributed by atoms with Gasteiger partial charge in [0.15, 0.2) is 0 Å². The third-order valence-corrected chi connectivity index (χ3v) is 3.30. The summed E-state index contributed by atoms with van der Waals surface area (Å²) in [5.74, 6) is 5.85. The number of rotatable bonds is 4. The van der Waals surface area contributed by atoms with E-state index in [-0.39, 0.29) is 11.9 Å². The minimum Gasteiger partial charge on any atom is -0.349 e. The zero-order chi connectivity index (χ0) is 12.4. The highest BCUT2D eigenvalue weighted by atomic mass is 35.5. The minimum absolute atomic E-state index is 0.139. The standard InChI is InChI=1S/C12H16ClN3O/c1-7(8-2-3-8)15-12(17)10-6-9(13)4-5-11(10)16-14/h4-8,16H,2-3,14H2,1H3,(H,15,17). The first-order valence-electron chi connectivity index (χ1n) is 5.69. The van der Waals surface area contributed by atoms with Gasteiger partial charge in [0.1, 0.15) is 0 Å². The number of hydrogen-bond acceptors (Lipinski definition) is 3. The van der Waals surface area contributed by atoms with E-state index >= 15 is 0 Å². The van der Waals surface area contributed by atoms with Crippen LogP contribution in [0.25, 0.3) is 0 Å². The van der Waals surface area contributed by atoms with Gasteiger partial charge in [-0.15, -0.1) is 0 Å². The molecule has 4 nitrogen and oxygen atoms in total. The monoisotopic (exact) mass is 253 g/mol. The second kappa shape index (κ2) is 4.94. The lowest BCUT2D eigenvalue weighted by molar-refractivity contribution is 0.0936. The third kappa shape index (κ3) is 2.90. The largest absolute Gasteiger partial charge is 0.349 e. The summed E-state index contributed by atoms with van der Waals surface area (Å²) in [4.78, 5) is 12.1. The van der Waals surface area contributed by atoms with E-state index in [0.717, 1.165) is 0 Å². The van der Waals surface area contributed by atoms with Crippen molar-refractivity contribution in [2.24, 2.45) is 11.8 Å². The van der Waals surface area contributed by atoms with Crippen molar-refractivity contribution in [3.63, 3.8) is 0 Å². The van der Waals surface area contributed by atoms with Crippen molar-refractivity contribution in [1.29, 1.82) is 0 Å². The predicted octanol–water partition coefficient (Wildman–Crippen LogP) is 2.15. The lowest BCUT2D eigenvalue weighted by Crippen LogP contribution is -2.34. The first-order valence-corrected chi connectivity index (χ1v) is 6.06. The fourth-order valence-corrected chi connectivity index (χ4v) is 2.00. The summed E-state index contributed by atoms with van der Waals surface area (Å²) in [6.07, 6.45) is 2.39. The molecule has 1 saturated carbocycles. The van der Waals surface area contributed by atoms with E-state index in [1.54, 1.807) is 18.2 Å². The average Bonchev–Trinajstić information content (AvgIpc) is 3.12. The first kappa shape index (κ1) is 12.2. The number of hydrogen-bond donors (Lipinski definition) is 3. The van der Waals surface area contributed by atoms with Crippen LogP contribution in [0.4, 0.5) is 5.69 Å². The summed E-state index contributed by atoms with van der Waals surface area (Å²) in [5.41, 5.74) is 3.56. The maximum absolute atomic E-state index is 12.1. The summed E-state index contributed by atoms with van der Waals surface area (Å²) < 4.78 is 0. The predicted molar refractivity (Wildman–Crippen MR) is 68.9 cm³/mol. The number of nitrogen functional groups attached to an aromatic ring is 1. The SMILES string of the molecule is CC(NC(=O)c1cc(Cl)ccc1NN)C1CC1. The van der Waals surface area contributed by atoms with E-state index < -0.39 is 0 Å². The van der Waals surface area contributed by atoms with Gasteiger partial charge in [0.05, 0.1) is 11.3 Å². The molecule has 1 fully saturated rings. The molecule has 1 aromatic carbocycles. The van der Waals surface area contributed by atoms with Crippen LogP contribution < -0.4 is 16.6 Å². The summed E-state index contributed by atoms with van der Waals surface area (Å²) >= 11 is 5.88. The summed E-state index contributed by atoms with van der Waals surface area (Å²) in [6.45, 7) is 2.02. The molecule has 5 heteroatoms. The molecule has 0 heterocycles. The minimum atomic E-state index is -0.139. The Hall–Kier alpha value is -1.26. The number of hydrazine groups is 1. The molecule has 1 unspecified atom stereocenters. The molecule has 0 aromatic heterocycles. The molecule has 0 aliphatic heterocycles. The molecular weight excluding hydrogens is 238 g/mol. The Labute approximate surface area is 105 Å². The van der Waals surface area contributed by atoms with E-state index in [9.17, 15) is 4.79 Å². The molecule has 17 heavy (non-hydrogen) atoms. The number of anilines is 1. The Kier molecular flexibility index (Phi) is 3.54. The van der Waals surface area contributed by atoms with Gasteiger partial charge in [-0.25, -0.2) is 0 Å². The molecule has 1 aliphatic carbocycles. The molecule has 0 bridgehead atoms. The van der Waals surface area contributed by atoms with Gasteiger partial charge in [-0.2, -0.15) is 0 Å². The summed E-state index contributed by atoms with van der Waals surface area (Å²) in [5, 5.41) is 3.49. The Morgan fingerprint density at radius 1 is 1.53 bits per heavy atom. The number of amides is 1. The van der Waals surface area contributed by atoms with E-state index in [4.69, 9.17) is 17.4 Å². The lowest BCUT2D eigenvalue weighted by Gasteiger charge is -2.15. The van der Waals surface area contributed by atoms with Gasteiger partial charge in [-0.05, 0) is 43.9 Å². The quantitative estimate of drug-likeness (QED) is 0.569. The Morgan fingerprint density at radius 2 is 2.24 bits per heavy atom. The molecule has 1 aromatic rings. The number of benzene rings is 1. The zero-order valence-electron chi connectivity index (χ0n) is 9.66. The second-order valence-corrected chi connectivity index (χ2v) is 4.87. The zero-order valence-corrected chi connectivity index (χ0v) is 10.4. The fraction of sp³-hybridized carbons (Fsp3) is 0.417. The van der Waals surface area contributed by atoms with Crippen LogP contribution in [0.2, 0.25) is 5.02 Å². The van der Waals surface area contributed by atoms with Crippen LogP contribution >= 0.6 is 11.6 Å². The van der Waals surface area contributed by atoms with Crippen molar-refractivity contribution in [1.82, 2.24) is 5.32 Å². The number of nitrogens with two attached hydrogens (primary N) is 1. The number of halogens is 1. The highest BCUT2D eigenvalue weighted by molar-refractivity contribution is 6.31. The molecule has 1 amide bonds. The van der Waals surface area contributed by atoms with Gasteiger partial charge in [0.25, 0.3) is 5.91 Å². The van der Waals surface area contributed by atoms with Crippen molar-refractivity contribution in [3.8, 4) is 0 Å². The van der Waals surface area contributed by atoms with Crippen molar-refractivity contribution in [3.05, 3.63) is 28.8 Å². The van der Waals surface area contributed by atoms with E-state index in [2.05, 4.69) is 10.7 Å². The van der Waals surface area contributed by atoms with Crippen LogP contribution in [0.15, 0.2) is 18.2 Å². The van der Waals surface area contributed by atoms with Gasteiger partial charge in [-0.3, -0.25) is 10.6 Å². The van der Waals surface area contributed by atoms with E-state index in [1.165, 1.54) is 12.8 Å². The third-order valence-electron chi connectivity index (χ3n) is 3.07. The van der Waals surface area contributed by atoms with Gasteiger partial charge in [0, 0.05) is 11.1 Å². The van der Waals surface area contributed by atoms with Crippen LogP contribution in [-0.2, 0) is 0 Å². The van der Waals surface area contributed by atoms with Crippen LogP contribution in [0.1, 0.15) is 30.1 Å². The number of carbonyl (C=O) groups is 1. The van der Waals surface area contributed by atoms with Crippen molar-refractivity contribution >= 4 is 23.2 Å². The molecule has 0 saturated heterocycles. The summed E-state index contributed by atoms with van der Waals surface area (Å²) in [6, 6.07) is 5.20. The van der Waals surface area contributed by atoms with Gasteiger partial charge < -0.3 is 10.7 Å². The van der Waals surface area contributed by atoms with Crippen LogP contribution in [0.5, 0.6) is 0 Å². The molecule has 1 aliphatic rings. The first-order chi connectivity index (χ1) is 8.11. The Bertz CT molecular complexity index is 432. The highest BCUT2D eigenvalue weighted by Gasteiger charge is 2.29.